The van der Waals surface area contributed by atoms with Crippen molar-refractivity contribution < 1.29 is 4.79 Å². The predicted molar refractivity (Wildman–Crippen MR) is 94.6 cm³/mol. The van der Waals surface area contributed by atoms with Crippen LogP contribution in [0, 0.1) is 18.3 Å². The van der Waals surface area contributed by atoms with E-state index in [-0.39, 0.29) is 11.9 Å². The summed E-state index contributed by atoms with van der Waals surface area (Å²) in [5.41, 5.74) is 1.19. The van der Waals surface area contributed by atoms with Crippen LogP contribution in [0.1, 0.15) is 49.6 Å². The Balaban J connectivity index is 1.66. The molecule has 2 atom stereocenters. The molecule has 0 aromatic carbocycles. The fourth-order valence-electron chi connectivity index (χ4n) is 3.63. The first kappa shape index (κ1) is 16.5. The van der Waals surface area contributed by atoms with E-state index in [9.17, 15) is 4.79 Å². The van der Waals surface area contributed by atoms with Crippen molar-refractivity contribution >= 4 is 22.4 Å². The molecular formula is C18H25N3OS. The summed E-state index contributed by atoms with van der Waals surface area (Å²) in [6.07, 6.45) is 13.1. The van der Waals surface area contributed by atoms with Crippen LogP contribution in [0.3, 0.4) is 0 Å². The van der Waals surface area contributed by atoms with Crippen LogP contribution >= 0.6 is 11.3 Å². The maximum absolute atomic E-state index is 12.6. The molecule has 0 bridgehead atoms. The van der Waals surface area contributed by atoms with Gasteiger partial charge in [0.1, 0.15) is 0 Å². The second-order valence-corrected chi connectivity index (χ2v) is 7.67. The number of fused-ring (bicyclic) bond motifs is 1. The molecule has 1 aliphatic carbocycles. The molecule has 1 aromatic rings. The topological polar surface area (TPSA) is 45.2 Å². The quantitative estimate of drug-likeness (QED) is 0.863. The molecule has 23 heavy (non-hydrogen) atoms. The van der Waals surface area contributed by atoms with E-state index < -0.39 is 0 Å². The Morgan fingerprint density at radius 2 is 2.35 bits per heavy atom. The SMILES string of the molecule is C#CCN1CCCCC1C(=O)Nc1nc2c(s1)CC(CC)CC2. The van der Waals surface area contributed by atoms with E-state index in [1.165, 1.54) is 23.4 Å². The van der Waals surface area contributed by atoms with Crippen LogP contribution in [0.4, 0.5) is 5.13 Å². The van der Waals surface area contributed by atoms with E-state index in [4.69, 9.17) is 6.42 Å². The lowest BCUT2D eigenvalue weighted by Crippen LogP contribution is -2.47. The molecule has 5 heteroatoms. The van der Waals surface area contributed by atoms with Gasteiger partial charge in [0, 0.05) is 4.88 Å². The Morgan fingerprint density at radius 3 is 3.13 bits per heavy atom. The van der Waals surface area contributed by atoms with E-state index >= 15 is 0 Å². The average Bonchev–Trinajstić information content (AvgIpc) is 2.96. The number of aryl methyl sites for hydroxylation is 1. The molecular weight excluding hydrogens is 306 g/mol. The molecule has 0 radical (unpaired) electrons. The summed E-state index contributed by atoms with van der Waals surface area (Å²) < 4.78 is 0. The lowest BCUT2D eigenvalue weighted by molar-refractivity contribution is -0.122. The van der Waals surface area contributed by atoms with Crippen molar-refractivity contribution in [1.29, 1.82) is 0 Å². The zero-order valence-corrected chi connectivity index (χ0v) is 14.6. The molecule has 2 aliphatic rings. The van der Waals surface area contributed by atoms with Crippen LogP contribution in [0.2, 0.25) is 0 Å². The van der Waals surface area contributed by atoms with Crippen LogP contribution in [0.5, 0.6) is 0 Å². The molecule has 1 saturated heterocycles. The Labute approximate surface area is 142 Å². The van der Waals surface area contributed by atoms with Gasteiger partial charge in [-0.3, -0.25) is 9.69 Å². The van der Waals surface area contributed by atoms with Gasteiger partial charge in [-0.2, -0.15) is 0 Å². The summed E-state index contributed by atoms with van der Waals surface area (Å²) in [6.45, 7) is 3.71. The number of rotatable bonds is 4. The van der Waals surface area contributed by atoms with Gasteiger partial charge in [-0.05, 0) is 44.6 Å². The molecule has 0 spiro atoms. The van der Waals surface area contributed by atoms with Gasteiger partial charge in [0.05, 0.1) is 18.3 Å². The summed E-state index contributed by atoms with van der Waals surface area (Å²) in [7, 11) is 0. The Hall–Kier alpha value is -1.38. The van der Waals surface area contributed by atoms with Crippen LogP contribution in [-0.4, -0.2) is 34.9 Å². The normalized spacial score (nSPS) is 24.7. The minimum absolute atomic E-state index is 0.0538. The minimum atomic E-state index is -0.107. The number of anilines is 1. The summed E-state index contributed by atoms with van der Waals surface area (Å²) in [5.74, 6) is 3.50. The number of nitrogens with zero attached hydrogens (tertiary/aromatic N) is 2. The van der Waals surface area contributed by atoms with Gasteiger partial charge in [0.15, 0.2) is 5.13 Å². The number of aromatic nitrogens is 1. The first-order chi connectivity index (χ1) is 11.2. The molecule has 1 fully saturated rings. The van der Waals surface area contributed by atoms with Gasteiger partial charge in [0.2, 0.25) is 5.91 Å². The van der Waals surface area contributed by atoms with Crippen LogP contribution < -0.4 is 5.32 Å². The van der Waals surface area contributed by atoms with Crippen molar-refractivity contribution in [3.05, 3.63) is 10.6 Å². The summed E-state index contributed by atoms with van der Waals surface area (Å²) in [5, 5.41) is 3.81. The van der Waals surface area contributed by atoms with Gasteiger partial charge >= 0.3 is 0 Å². The fraction of sp³-hybridized carbons (Fsp3) is 0.667. The first-order valence-electron chi connectivity index (χ1n) is 8.68. The molecule has 2 heterocycles. The molecule has 4 nitrogen and oxygen atoms in total. The van der Waals surface area contributed by atoms with Crippen molar-refractivity contribution in [3.63, 3.8) is 0 Å². The summed E-state index contributed by atoms with van der Waals surface area (Å²) >= 11 is 1.66. The van der Waals surface area contributed by atoms with Gasteiger partial charge in [-0.15, -0.1) is 17.8 Å². The number of hydrogen-bond acceptors (Lipinski definition) is 4. The van der Waals surface area contributed by atoms with Crippen molar-refractivity contribution in [1.82, 2.24) is 9.88 Å². The Morgan fingerprint density at radius 1 is 1.48 bits per heavy atom. The number of amides is 1. The molecule has 1 aliphatic heterocycles. The van der Waals surface area contributed by atoms with E-state index in [0.29, 0.717) is 6.54 Å². The molecule has 1 aromatic heterocycles. The second-order valence-electron chi connectivity index (χ2n) is 6.58. The third-order valence-electron chi connectivity index (χ3n) is 5.06. The van der Waals surface area contributed by atoms with Gasteiger partial charge < -0.3 is 5.32 Å². The highest BCUT2D eigenvalue weighted by molar-refractivity contribution is 7.15. The van der Waals surface area contributed by atoms with E-state index in [1.807, 2.05) is 0 Å². The zero-order valence-electron chi connectivity index (χ0n) is 13.8. The molecule has 3 rings (SSSR count). The van der Waals surface area contributed by atoms with E-state index in [0.717, 1.165) is 49.7 Å². The Bertz CT molecular complexity index is 604. The van der Waals surface area contributed by atoms with Crippen LogP contribution in [-0.2, 0) is 17.6 Å². The third kappa shape index (κ3) is 3.76. The van der Waals surface area contributed by atoms with Crippen LogP contribution in [0.25, 0.3) is 0 Å². The number of carbonyl (C=O) groups is 1. The predicted octanol–water partition coefficient (Wildman–Crippen LogP) is 3.08. The maximum atomic E-state index is 12.6. The number of nitrogens with one attached hydrogen (secondary N) is 1. The molecule has 0 saturated carbocycles. The monoisotopic (exact) mass is 331 g/mol. The molecule has 2 unspecified atom stereocenters. The Kier molecular flexibility index (Phi) is 5.34. The highest BCUT2D eigenvalue weighted by atomic mass is 32.1. The first-order valence-corrected chi connectivity index (χ1v) is 9.49. The highest BCUT2D eigenvalue weighted by Gasteiger charge is 2.29. The number of hydrogen-bond donors (Lipinski definition) is 1. The molecule has 1 N–H and O–H groups in total. The lowest BCUT2D eigenvalue weighted by Gasteiger charge is -2.32. The number of likely N-dealkylation sites (tertiary alicyclic amines) is 1. The van der Waals surface area contributed by atoms with Crippen molar-refractivity contribution in [2.75, 3.05) is 18.4 Å². The van der Waals surface area contributed by atoms with Crippen LogP contribution in [0.15, 0.2) is 0 Å². The van der Waals surface area contributed by atoms with Gasteiger partial charge in [-0.1, -0.05) is 25.7 Å². The van der Waals surface area contributed by atoms with Gasteiger partial charge in [0.25, 0.3) is 0 Å². The van der Waals surface area contributed by atoms with Crippen molar-refractivity contribution in [2.24, 2.45) is 5.92 Å². The lowest BCUT2D eigenvalue weighted by atomic mass is 9.89. The standard InChI is InChI=1S/C18H25N3OS/c1-3-10-21-11-6-5-7-15(21)17(22)20-18-19-14-9-8-13(4-2)12-16(14)23-18/h1,13,15H,4-12H2,2H3,(H,19,20,22). The van der Waals surface area contributed by atoms with E-state index in [1.54, 1.807) is 11.3 Å². The summed E-state index contributed by atoms with van der Waals surface area (Å²) in [6, 6.07) is -0.107. The van der Waals surface area contributed by atoms with E-state index in [2.05, 4.69) is 28.0 Å². The second kappa shape index (κ2) is 7.46. The highest BCUT2D eigenvalue weighted by Crippen LogP contribution is 2.33. The molecule has 124 valence electrons. The summed E-state index contributed by atoms with van der Waals surface area (Å²) in [4.78, 5) is 20.8. The number of thiazole rings is 1. The van der Waals surface area contributed by atoms with Crippen molar-refractivity contribution in [2.45, 2.75) is 57.9 Å². The number of terminal acetylenes is 1. The zero-order chi connectivity index (χ0) is 16.2. The largest absolute Gasteiger partial charge is 0.301 e. The molecule has 1 amide bonds. The van der Waals surface area contributed by atoms with Crippen molar-refractivity contribution in [3.8, 4) is 12.3 Å². The third-order valence-corrected chi connectivity index (χ3v) is 6.10. The minimum Gasteiger partial charge on any atom is -0.301 e. The maximum Gasteiger partial charge on any atom is 0.243 e. The smallest absolute Gasteiger partial charge is 0.243 e. The number of piperidine rings is 1. The average molecular weight is 331 g/mol. The fourth-order valence-corrected chi connectivity index (χ4v) is 4.75. The van der Waals surface area contributed by atoms with Gasteiger partial charge in [-0.25, -0.2) is 4.98 Å². The number of carbonyl (C=O) groups excluding carboxylic acids is 1.